The molecule has 2 N–H and O–H groups in total. The van der Waals surface area contributed by atoms with Crippen molar-refractivity contribution >= 4 is 34.7 Å². The van der Waals surface area contributed by atoms with Crippen molar-refractivity contribution < 1.29 is 4.79 Å². The molecule has 27 heavy (non-hydrogen) atoms. The first-order chi connectivity index (χ1) is 13.1. The smallest absolute Gasteiger partial charge is 0.244 e. The van der Waals surface area contributed by atoms with E-state index < -0.39 is 0 Å². The molecule has 0 aliphatic rings. The third-order valence-electron chi connectivity index (χ3n) is 4.26. The molecule has 0 aliphatic heterocycles. The molecule has 1 amide bonds. The zero-order valence-electron chi connectivity index (χ0n) is 14.6. The first-order valence-corrected chi connectivity index (χ1v) is 8.88. The molecule has 7 heteroatoms. The summed E-state index contributed by atoms with van der Waals surface area (Å²) < 4.78 is 2.10. The Balaban J connectivity index is 1.56. The SMILES string of the molecule is Cc1ccc(-c2n[nH]c(=S)n2CC(=O)Nc2ccc3ncccc3c2)cc1. The summed E-state index contributed by atoms with van der Waals surface area (Å²) in [6.07, 6.45) is 1.74. The van der Waals surface area contributed by atoms with Gasteiger partial charge in [0.15, 0.2) is 10.6 Å². The van der Waals surface area contributed by atoms with Gasteiger partial charge in [-0.3, -0.25) is 19.4 Å². The number of aromatic amines is 1. The van der Waals surface area contributed by atoms with Crippen LogP contribution in [0.2, 0.25) is 0 Å². The molecule has 0 unspecified atom stereocenters. The number of hydrogen-bond donors (Lipinski definition) is 2. The van der Waals surface area contributed by atoms with Gasteiger partial charge in [0.2, 0.25) is 5.91 Å². The Morgan fingerprint density at radius 2 is 2.00 bits per heavy atom. The van der Waals surface area contributed by atoms with Gasteiger partial charge in [-0.2, -0.15) is 5.10 Å². The number of amides is 1. The molecule has 0 spiro atoms. The molecule has 2 aromatic carbocycles. The third kappa shape index (κ3) is 3.63. The number of aryl methyl sites for hydroxylation is 1. The number of anilines is 1. The predicted octanol–water partition coefficient (Wildman–Crippen LogP) is 4.10. The van der Waals surface area contributed by atoms with Crippen molar-refractivity contribution in [2.75, 3.05) is 5.32 Å². The molecule has 0 saturated heterocycles. The molecule has 0 radical (unpaired) electrons. The van der Waals surface area contributed by atoms with E-state index in [2.05, 4.69) is 20.5 Å². The van der Waals surface area contributed by atoms with Crippen LogP contribution in [0.3, 0.4) is 0 Å². The van der Waals surface area contributed by atoms with Gasteiger partial charge < -0.3 is 5.32 Å². The zero-order chi connectivity index (χ0) is 18.8. The number of nitrogens with one attached hydrogen (secondary N) is 2. The molecule has 4 aromatic rings. The Hall–Kier alpha value is -3.32. The summed E-state index contributed by atoms with van der Waals surface area (Å²) in [5, 5.41) is 10.9. The number of nitrogens with zero attached hydrogens (tertiary/aromatic N) is 3. The van der Waals surface area contributed by atoms with Gasteiger partial charge in [0.25, 0.3) is 0 Å². The quantitative estimate of drug-likeness (QED) is 0.527. The number of benzene rings is 2. The number of pyridine rings is 1. The topological polar surface area (TPSA) is 75.6 Å². The summed E-state index contributed by atoms with van der Waals surface area (Å²) in [6.45, 7) is 2.09. The normalized spacial score (nSPS) is 10.9. The molecule has 0 atom stereocenters. The Labute approximate surface area is 160 Å². The highest BCUT2D eigenvalue weighted by atomic mass is 32.1. The molecular weight excluding hydrogens is 358 g/mol. The van der Waals surface area contributed by atoms with E-state index in [1.165, 1.54) is 0 Å². The van der Waals surface area contributed by atoms with Crippen LogP contribution in [0, 0.1) is 11.7 Å². The number of rotatable bonds is 4. The van der Waals surface area contributed by atoms with Crippen molar-refractivity contribution in [2.45, 2.75) is 13.5 Å². The molecule has 134 valence electrons. The Morgan fingerprint density at radius 1 is 1.19 bits per heavy atom. The maximum Gasteiger partial charge on any atom is 0.244 e. The van der Waals surface area contributed by atoms with Gasteiger partial charge in [0.1, 0.15) is 6.54 Å². The molecule has 0 fully saturated rings. The monoisotopic (exact) mass is 375 g/mol. The Kier molecular flexibility index (Phi) is 4.52. The van der Waals surface area contributed by atoms with E-state index in [1.54, 1.807) is 10.8 Å². The second kappa shape index (κ2) is 7.13. The average Bonchev–Trinajstić information content (AvgIpc) is 3.03. The van der Waals surface area contributed by atoms with Gasteiger partial charge >= 0.3 is 0 Å². The van der Waals surface area contributed by atoms with Gasteiger partial charge in [-0.1, -0.05) is 35.9 Å². The van der Waals surface area contributed by atoms with E-state index in [-0.39, 0.29) is 12.5 Å². The minimum Gasteiger partial charge on any atom is -0.325 e. The number of fused-ring (bicyclic) bond motifs is 1. The molecule has 2 aromatic heterocycles. The van der Waals surface area contributed by atoms with Gasteiger partial charge in [-0.05, 0) is 43.4 Å². The van der Waals surface area contributed by atoms with Crippen LogP contribution in [-0.2, 0) is 11.3 Å². The highest BCUT2D eigenvalue weighted by Gasteiger charge is 2.12. The average molecular weight is 375 g/mol. The molecule has 2 heterocycles. The van der Waals surface area contributed by atoms with Crippen LogP contribution in [0.25, 0.3) is 22.3 Å². The highest BCUT2D eigenvalue weighted by Crippen LogP contribution is 2.19. The third-order valence-corrected chi connectivity index (χ3v) is 4.57. The van der Waals surface area contributed by atoms with E-state index in [0.717, 1.165) is 22.0 Å². The molecule has 4 rings (SSSR count). The Bertz CT molecular complexity index is 1180. The second-order valence-corrected chi connectivity index (χ2v) is 6.65. The fourth-order valence-electron chi connectivity index (χ4n) is 2.88. The van der Waals surface area contributed by atoms with Crippen LogP contribution < -0.4 is 5.32 Å². The van der Waals surface area contributed by atoms with Gasteiger partial charge in [-0.25, -0.2) is 0 Å². The largest absolute Gasteiger partial charge is 0.325 e. The fourth-order valence-corrected chi connectivity index (χ4v) is 3.08. The predicted molar refractivity (Wildman–Crippen MR) is 108 cm³/mol. The van der Waals surface area contributed by atoms with E-state index in [1.807, 2.05) is 61.5 Å². The summed E-state index contributed by atoms with van der Waals surface area (Å²) >= 11 is 5.30. The molecule has 6 nitrogen and oxygen atoms in total. The van der Waals surface area contributed by atoms with Crippen LogP contribution in [-0.4, -0.2) is 25.7 Å². The van der Waals surface area contributed by atoms with Crippen molar-refractivity contribution in [2.24, 2.45) is 0 Å². The molecule has 0 bridgehead atoms. The number of carbonyl (C=O) groups is 1. The summed E-state index contributed by atoms with van der Waals surface area (Å²) in [5.74, 6) is 0.460. The van der Waals surface area contributed by atoms with E-state index in [0.29, 0.717) is 16.3 Å². The fraction of sp³-hybridized carbons (Fsp3) is 0.100. The van der Waals surface area contributed by atoms with Crippen LogP contribution in [0.4, 0.5) is 5.69 Å². The molecule has 0 saturated carbocycles. The second-order valence-electron chi connectivity index (χ2n) is 6.26. The van der Waals surface area contributed by atoms with Crippen molar-refractivity contribution in [3.8, 4) is 11.4 Å². The lowest BCUT2D eigenvalue weighted by Crippen LogP contribution is -2.19. The summed E-state index contributed by atoms with van der Waals surface area (Å²) in [5.41, 5.74) is 3.65. The van der Waals surface area contributed by atoms with Crippen LogP contribution in [0.1, 0.15) is 5.56 Å². The zero-order valence-corrected chi connectivity index (χ0v) is 15.5. The van der Waals surface area contributed by atoms with Crippen LogP contribution in [0.5, 0.6) is 0 Å². The lowest BCUT2D eigenvalue weighted by molar-refractivity contribution is -0.116. The standard InChI is InChI=1S/C20H17N5OS/c1-13-4-6-14(7-5-13)19-23-24-20(27)25(19)12-18(26)22-16-8-9-17-15(11-16)3-2-10-21-17/h2-11H,12H2,1H3,(H,22,26)(H,24,27). The maximum absolute atomic E-state index is 12.6. The first-order valence-electron chi connectivity index (χ1n) is 8.47. The number of carbonyl (C=O) groups excluding carboxylic acids is 1. The first kappa shape index (κ1) is 17.1. The highest BCUT2D eigenvalue weighted by molar-refractivity contribution is 7.71. The van der Waals surface area contributed by atoms with E-state index in [9.17, 15) is 4.79 Å². The van der Waals surface area contributed by atoms with Gasteiger partial charge in [0.05, 0.1) is 5.52 Å². The lowest BCUT2D eigenvalue weighted by Gasteiger charge is -2.09. The Morgan fingerprint density at radius 3 is 2.81 bits per heavy atom. The van der Waals surface area contributed by atoms with Gasteiger partial charge in [-0.15, -0.1) is 0 Å². The van der Waals surface area contributed by atoms with Crippen molar-refractivity contribution in [1.29, 1.82) is 0 Å². The molecule has 0 aliphatic carbocycles. The van der Waals surface area contributed by atoms with E-state index in [4.69, 9.17) is 12.2 Å². The van der Waals surface area contributed by atoms with Crippen molar-refractivity contribution in [3.63, 3.8) is 0 Å². The van der Waals surface area contributed by atoms with Crippen LogP contribution in [0.15, 0.2) is 60.8 Å². The van der Waals surface area contributed by atoms with Gasteiger partial charge in [0, 0.05) is 22.8 Å². The minimum atomic E-state index is -0.177. The van der Waals surface area contributed by atoms with E-state index >= 15 is 0 Å². The molecular formula is C20H17N5OS. The number of aromatic nitrogens is 4. The van der Waals surface area contributed by atoms with Crippen molar-refractivity contribution in [3.05, 3.63) is 71.1 Å². The summed E-state index contributed by atoms with van der Waals surface area (Å²) in [6, 6.07) is 17.4. The number of hydrogen-bond acceptors (Lipinski definition) is 4. The lowest BCUT2D eigenvalue weighted by atomic mass is 10.1. The van der Waals surface area contributed by atoms with Crippen molar-refractivity contribution in [1.82, 2.24) is 19.7 Å². The summed E-state index contributed by atoms with van der Waals surface area (Å²) in [4.78, 5) is 16.9. The van der Waals surface area contributed by atoms with Crippen LogP contribution >= 0.6 is 12.2 Å². The minimum absolute atomic E-state index is 0.0730. The maximum atomic E-state index is 12.6. The summed E-state index contributed by atoms with van der Waals surface area (Å²) in [7, 11) is 0. The number of H-pyrrole nitrogens is 1.